The van der Waals surface area contributed by atoms with Crippen molar-refractivity contribution >= 4 is 11.8 Å². The van der Waals surface area contributed by atoms with Gasteiger partial charge in [-0.05, 0) is 13.8 Å². The standard InChI is InChI=1S/C9H13NO4/c1-3-13-9(12)7(6(2)11)8-10-4-5-14-8/h10H,3-5H2,1-2H3/b8-7-. The highest BCUT2D eigenvalue weighted by Crippen LogP contribution is 2.10. The molecule has 5 heteroatoms. The quantitative estimate of drug-likeness (QED) is 0.299. The molecule has 1 aliphatic heterocycles. The molecule has 0 spiro atoms. The van der Waals surface area contributed by atoms with E-state index in [0.717, 1.165) is 0 Å². The lowest BCUT2D eigenvalue weighted by Gasteiger charge is -2.06. The fraction of sp³-hybridized carbons (Fsp3) is 0.556. The monoisotopic (exact) mass is 199 g/mol. The number of Topliss-reactive ketones (excluding diaryl/α,β-unsaturated/α-hetero) is 1. The zero-order valence-corrected chi connectivity index (χ0v) is 8.25. The third-order valence-electron chi connectivity index (χ3n) is 1.69. The molecule has 0 aromatic heterocycles. The number of ketones is 1. The van der Waals surface area contributed by atoms with Gasteiger partial charge in [0.2, 0.25) is 5.88 Å². The first kappa shape index (κ1) is 10.6. The van der Waals surface area contributed by atoms with Crippen LogP contribution >= 0.6 is 0 Å². The van der Waals surface area contributed by atoms with Crippen molar-refractivity contribution in [1.29, 1.82) is 0 Å². The second-order valence-electron chi connectivity index (χ2n) is 2.76. The van der Waals surface area contributed by atoms with E-state index in [-0.39, 0.29) is 23.8 Å². The van der Waals surface area contributed by atoms with Crippen LogP contribution in [0, 0.1) is 0 Å². The molecular weight excluding hydrogens is 186 g/mol. The molecule has 1 saturated heterocycles. The molecule has 1 rings (SSSR count). The number of carbonyl (C=O) groups is 2. The van der Waals surface area contributed by atoms with Gasteiger partial charge in [-0.3, -0.25) is 4.79 Å². The summed E-state index contributed by atoms with van der Waals surface area (Å²) < 4.78 is 9.83. The number of carbonyl (C=O) groups excluding carboxylic acids is 2. The Morgan fingerprint density at radius 1 is 1.57 bits per heavy atom. The molecule has 0 radical (unpaired) electrons. The third kappa shape index (κ3) is 2.25. The molecule has 0 amide bonds. The van der Waals surface area contributed by atoms with Crippen LogP contribution in [0.4, 0.5) is 0 Å². The van der Waals surface area contributed by atoms with Crippen molar-refractivity contribution in [2.24, 2.45) is 0 Å². The Kier molecular flexibility index (Phi) is 3.50. The van der Waals surface area contributed by atoms with Gasteiger partial charge in [0, 0.05) is 0 Å². The van der Waals surface area contributed by atoms with Crippen molar-refractivity contribution < 1.29 is 19.1 Å². The summed E-state index contributed by atoms with van der Waals surface area (Å²) in [7, 11) is 0. The van der Waals surface area contributed by atoms with Crippen LogP contribution in [-0.2, 0) is 19.1 Å². The van der Waals surface area contributed by atoms with E-state index in [4.69, 9.17) is 9.47 Å². The molecule has 1 aliphatic rings. The van der Waals surface area contributed by atoms with Crippen molar-refractivity contribution in [1.82, 2.24) is 5.32 Å². The van der Waals surface area contributed by atoms with Crippen molar-refractivity contribution in [2.75, 3.05) is 19.8 Å². The first-order valence-corrected chi connectivity index (χ1v) is 4.45. The summed E-state index contributed by atoms with van der Waals surface area (Å²) in [6, 6.07) is 0. The largest absolute Gasteiger partial charge is 0.477 e. The Bertz CT molecular complexity index is 275. The normalized spacial score (nSPS) is 18.1. The van der Waals surface area contributed by atoms with Gasteiger partial charge in [0.15, 0.2) is 11.4 Å². The predicted octanol–water partition coefficient (Wildman–Crippen LogP) is -0.0301. The fourth-order valence-electron chi connectivity index (χ4n) is 1.13. The predicted molar refractivity (Wildman–Crippen MR) is 48.3 cm³/mol. The average Bonchev–Trinajstić information content (AvgIpc) is 2.57. The molecule has 0 saturated carbocycles. The molecule has 0 aromatic rings. The highest BCUT2D eigenvalue weighted by atomic mass is 16.5. The molecule has 78 valence electrons. The van der Waals surface area contributed by atoms with Crippen LogP contribution in [0.15, 0.2) is 11.5 Å². The van der Waals surface area contributed by atoms with Crippen molar-refractivity contribution in [2.45, 2.75) is 13.8 Å². The summed E-state index contributed by atoms with van der Waals surface area (Å²) in [6.07, 6.45) is 0. The van der Waals surface area contributed by atoms with E-state index in [1.807, 2.05) is 0 Å². The Morgan fingerprint density at radius 2 is 2.29 bits per heavy atom. The molecule has 0 aliphatic carbocycles. The number of ether oxygens (including phenoxy) is 2. The number of nitrogens with one attached hydrogen (secondary N) is 1. The van der Waals surface area contributed by atoms with E-state index in [2.05, 4.69) is 5.32 Å². The van der Waals surface area contributed by atoms with Gasteiger partial charge in [0.1, 0.15) is 6.61 Å². The van der Waals surface area contributed by atoms with Gasteiger partial charge >= 0.3 is 5.97 Å². The van der Waals surface area contributed by atoms with Gasteiger partial charge < -0.3 is 14.8 Å². The second-order valence-corrected chi connectivity index (χ2v) is 2.76. The van der Waals surface area contributed by atoms with Crippen molar-refractivity contribution in [3.8, 4) is 0 Å². The maximum absolute atomic E-state index is 11.4. The van der Waals surface area contributed by atoms with Crippen LogP contribution < -0.4 is 5.32 Å². The third-order valence-corrected chi connectivity index (χ3v) is 1.69. The minimum absolute atomic E-state index is 0.0376. The zero-order chi connectivity index (χ0) is 10.6. The summed E-state index contributed by atoms with van der Waals surface area (Å²) >= 11 is 0. The molecule has 0 atom stereocenters. The summed E-state index contributed by atoms with van der Waals surface area (Å²) in [6.45, 7) is 4.30. The highest BCUT2D eigenvalue weighted by Gasteiger charge is 2.24. The summed E-state index contributed by atoms with van der Waals surface area (Å²) in [5.74, 6) is -0.756. The molecule has 1 N–H and O–H groups in total. The molecule has 0 bridgehead atoms. The van der Waals surface area contributed by atoms with Gasteiger partial charge in [-0.2, -0.15) is 0 Å². The Labute approximate surface area is 82.1 Å². The van der Waals surface area contributed by atoms with E-state index in [0.29, 0.717) is 13.2 Å². The van der Waals surface area contributed by atoms with E-state index in [1.165, 1.54) is 6.92 Å². The lowest BCUT2D eigenvalue weighted by molar-refractivity contribution is -0.140. The smallest absolute Gasteiger partial charge is 0.347 e. The molecule has 1 heterocycles. The number of rotatable bonds is 3. The van der Waals surface area contributed by atoms with E-state index < -0.39 is 5.97 Å². The van der Waals surface area contributed by atoms with Gasteiger partial charge in [0.05, 0.1) is 13.2 Å². The van der Waals surface area contributed by atoms with Crippen LogP contribution in [0.5, 0.6) is 0 Å². The van der Waals surface area contributed by atoms with Crippen molar-refractivity contribution in [3.05, 3.63) is 11.5 Å². The van der Waals surface area contributed by atoms with E-state index >= 15 is 0 Å². The van der Waals surface area contributed by atoms with Crippen molar-refractivity contribution in [3.63, 3.8) is 0 Å². The van der Waals surface area contributed by atoms with Crippen LogP contribution in [0.25, 0.3) is 0 Å². The Morgan fingerprint density at radius 3 is 2.71 bits per heavy atom. The molecular formula is C9H13NO4. The van der Waals surface area contributed by atoms with Crippen LogP contribution in [0.2, 0.25) is 0 Å². The SMILES string of the molecule is CCOC(=O)/C(C(C)=O)=C1/NCCO1. The zero-order valence-electron chi connectivity index (χ0n) is 8.25. The van der Waals surface area contributed by atoms with Crippen LogP contribution in [-0.4, -0.2) is 31.5 Å². The highest BCUT2D eigenvalue weighted by molar-refractivity contribution is 6.16. The van der Waals surface area contributed by atoms with Gasteiger partial charge in [0.25, 0.3) is 0 Å². The molecule has 0 unspecified atom stereocenters. The number of hydrogen-bond donors (Lipinski definition) is 1. The number of esters is 1. The fourth-order valence-corrected chi connectivity index (χ4v) is 1.13. The van der Waals surface area contributed by atoms with Gasteiger partial charge in [-0.15, -0.1) is 0 Å². The first-order chi connectivity index (χ1) is 6.66. The van der Waals surface area contributed by atoms with E-state index in [9.17, 15) is 9.59 Å². The van der Waals surface area contributed by atoms with E-state index in [1.54, 1.807) is 6.92 Å². The van der Waals surface area contributed by atoms with Gasteiger partial charge in [-0.1, -0.05) is 0 Å². The molecule has 0 aromatic carbocycles. The van der Waals surface area contributed by atoms with Crippen LogP contribution in [0.3, 0.4) is 0 Å². The maximum atomic E-state index is 11.4. The lowest BCUT2D eigenvalue weighted by Crippen LogP contribution is -2.20. The first-order valence-electron chi connectivity index (χ1n) is 4.45. The lowest BCUT2D eigenvalue weighted by atomic mass is 10.2. The summed E-state index contributed by atoms with van der Waals surface area (Å²) in [5.41, 5.74) is -0.0376. The summed E-state index contributed by atoms with van der Waals surface area (Å²) in [4.78, 5) is 22.5. The minimum atomic E-state index is -0.635. The minimum Gasteiger partial charge on any atom is -0.477 e. The van der Waals surface area contributed by atoms with Gasteiger partial charge in [-0.25, -0.2) is 4.79 Å². The number of hydrogen-bond acceptors (Lipinski definition) is 5. The Balaban J connectivity index is 2.88. The average molecular weight is 199 g/mol. The second kappa shape index (κ2) is 4.64. The topological polar surface area (TPSA) is 64.6 Å². The van der Waals surface area contributed by atoms with Crippen LogP contribution in [0.1, 0.15) is 13.8 Å². The molecule has 1 fully saturated rings. The molecule has 14 heavy (non-hydrogen) atoms. The summed E-state index contributed by atoms with van der Waals surface area (Å²) in [5, 5.41) is 2.81. The Hall–Kier alpha value is -1.52. The maximum Gasteiger partial charge on any atom is 0.347 e. The molecule has 5 nitrogen and oxygen atoms in total.